The first kappa shape index (κ1) is 13.9. The maximum Gasteiger partial charge on any atom is 0.115 e. The number of rotatable bonds is 3. The van der Waals surface area contributed by atoms with E-state index < -0.39 is 0 Å². The first-order chi connectivity index (χ1) is 9.72. The summed E-state index contributed by atoms with van der Waals surface area (Å²) in [5.74, 6) is 1.19. The third-order valence-electron chi connectivity index (χ3n) is 4.82. The number of aromatic hydroxyl groups is 1. The Bertz CT molecular complexity index is 460. The third-order valence-corrected chi connectivity index (χ3v) is 4.82. The van der Waals surface area contributed by atoms with Crippen LogP contribution in [0.3, 0.4) is 0 Å². The number of benzene rings is 1. The molecule has 1 heterocycles. The van der Waals surface area contributed by atoms with Crippen molar-refractivity contribution in [2.24, 2.45) is 5.92 Å². The zero-order valence-corrected chi connectivity index (χ0v) is 12.4. The van der Waals surface area contributed by atoms with Crippen molar-refractivity contribution in [1.29, 1.82) is 0 Å². The average molecular weight is 274 g/mol. The molecule has 2 atom stereocenters. The van der Waals surface area contributed by atoms with Crippen LogP contribution in [0.25, 0.3) is 0 Å². The number of hydrogen-bond donors (Lipinski definition) is 2. The van der Waals surface area contributed by atoms with Gasteiger partial charge in [-0.05, 0) is 81.4 Å². The minimum absolute atomic E-state index is 0.401. The number of likely N-dealkylation sites (tertiary alicyclic amines) is 1. The summed E-state index contributed by atoms with van der Waals surface area (Å²) in [5.41, 5.74) is 2.73. The van der Waals surface area contributed by atoms with Crippen LogP contribution in [0, 0.1) is 5.92 Å². The zero-order valence-electron chi connectivity index (χ0n) is 12.4. The highest BCUT2D eigenvalue weighted by Gasteiger charge is 2.22. The number of fused-ring (bicyclic) bond motifs is 1. The summed E-state index contributed by atoms with van der Waals surface area (Å²) in [4.78, 5) is 2.45. The Hall–Kier alpha value is -1.06. The fraction of sp³-hybridized carbons (Fsp3) is 0.647. The van der Waals surface area contributed by atoms with Crippen LogP contribution in [0.1, 0.15) is 42.9 Å². The number of nitrogens with one attached hydrogen (secondary N) is 1. The predicted octanol–water partition coefficient (Wildman–Crippen LogP) is 2.70. The van der Waals surface area contributed by atoms with Crippen molar-refractivity contribution in [3.05, 3.63) is 29.3 Å². The lowest BCUT2D eigenvalue weighted by Gasteiger charge is -2.32. The van der Waals surface area contributed by atoms with Gasteiger partial charge in [-0.25, -0.2) is 0 Å². The molecule has 2 N–H and O–H groups in total. The molecule has 1 aromatic rings. The largest absolute Gasteiger partial charge is 0.508 e. The van der Waals surface area contributed by atoms with Gasteiger partial charge in [0, 0.05) is 12.6 Å². The van der Waals surface area contributed by atoms with Crippen LogP contribution in [-0.4, -0.2) is 36.7 Å². The highest BCUT2D eigenvalue weighted by Crippen LogP contribution is 2.32. The second-order valence-electron chi connectivity index (χ2n) is 6.51. The molecular weight excluding hydrogens is 248 g/mol. The van der Waals surface area contributed by atoms with Crippen molar-refractivity contribution in [2.75, 3.05) is 26.7 Å². The van der Waals surface area contributed by atoms with E-state index in [0.29, 0.717) is 11.8 Å². The fourth-order valence-corrected chi connectivity index (χ4v) is 3.76. The van der Waals surface area contributed by atoms with E-state index in [9.17, 15) is 5.11 Å². The first-order valence-corrected chi connectivity index (χ1v) is 7.96. The topological polar surface area (TPSA) is 35.5 Å². The molecule has 0 bridgehead atoms. The Labute approximate surface area is 122 Å². The van der Waals surface area contributed by atoms with E-state index in [2.05, 4.69) is 23.3 Å². The molecule has 2 unspecified atom stereocenters. The molecule has 0 aromatic heterocycles. The minimum Gasteiger partial charge on any atom is -0.508 e. The van der Waals surface area contributed by atoms with Gasteiger partial charge in [-0.1, -0.05) is 6.07 Å². The van der Waals surface area contributed by atoms with Crippen LogP contribution in [0.2, 0.25) is 0 Å². The molecule has 0 amide bonds. The second kappa shape index (κ2) is 6.15. The SMILES string of the molecule is CN1CCCC(CNC2CCCc3cc(O)ccc32)C1. The molecule has 0 spiro atoms. The van der Waals surface area contributed by atoms with E-state index >= 15 is 0 Å². The van der Waals surface area contributed by atoms with Gasteiger partial charge in [-0.2, -0.15) is 0 Å². The van der Waals surface area contributed by atoms with E-state index in [1.54, 1.807) is 0 Å². The van der Waals surface area contributed by atoms with Gasteiger partial charge in [0.25, 0.3) is 0 Å². The first-order valence-electron chi connectivity index (χ1n) is 7.96. The van der Waals surface area contributed by atoms with Crippen molar-refractivity contribution >= 4 is 0 Å². The lowest BCUT2D eigenvalue weighted by atomic mass is 9.87. The Morgan fingerprint density at radius 2 is 2.20 bits per heavy atom. The summed E-state index contributed by atoms with van der Waals surface area (Å²) in [6.45, 7) is 3.60. The van der Waals surface area contributed by atoms with Crippen LogP contribution in [0.4, 0.5) is 0 Å². The van der Waals surface area contributed by atoms with Crippen molar-refractivity contribution < 1.29 is 5.11 Å². The summed E-state index contributed by atoms with van der Waals surface area (Å²) in [6.07, 6.45) is 6.23. The summed E-state index contributed by atoms with van der Waals surface area (Å²) >= 11 is 0. The molecule has 1 aliphatic carbocycles. The maximum absolute atomic E-state index is 9.61. The molecule has 3 nitrogen and oxygen atoms in total. The van der Waals surface area contributed by atoms with E-state index in [4.69, 9.17) is 0 Å². The van der Waals surface area contributed by atoms with Crippen LogP contribution in [0.15, 0.2) is 18.2 Å². The lowest BCUT2D eigenvalue weighted by Crippen LogP contribution is -2.38. The number of aryl methyl sites for hydroxylation is 1. The monoisotopic (exact) mass is 274 g/mol. The number of piperidine rings is 1. The number of phenolic OH excluding ortho intramolecular Hbond substituents is 1. The van der Waals surface area contributed by atoms with Crippen LogP contribution < -0.4 is 5.32 Å². The summed E-state index contributed by atoms with van der Waals surface area (Å²) < 4.78 is 0. The normalized spacial score (nSPS) is 27.2. The van der Waals surface area contributed by atoms with Gasteiger partial charge in [0.15, 0.2) is 0 Å². The summed E-state index contributed by atoms with van der Waals surface area (Å²) in [6, 6.07) is 6.35. The molecule has 3 rings (SSSR count). The predicted molar refractivity (Wildman–Crippen MR) is 82.0 cm³/mol. The van der Waals surface area contributed by atoms with Crippen molar-refractivity contribution in [1.82, 2.24) is 10.2 Å². The molecule has 1 saturated heterocycles. The molecule has 1 aromatic carbocycles. The van der Waals surface area contributed by atoms with Crippen LogP contribution >= 0.6 is 0 Å². The summed E-state index contributed by atoms with van der Waals surface area (Å²) in [7, 11) is 2.23. The number of nitrogens with zero attached hydrogens (tertiary/aromatic N) is 1. The van der Waals surface area contributed by atoms with Gasteiger partial charge in [0.1, 0.15) is 5.75 Å². The quantitative estimate of drug-likeness (QED) is 0.889. The van der Waals surface area contributed by atoms with E-state index in [1.165, 1.54) is 49.9 Å². The van der Waals surface area contributed by atoms with Gasteiger partial charge in [-0.15, -0.1) is 0 Å². The number of hydrogen-bond acceptors (Lipinski definition) is 3. The lowest BCUT2D eigenvalue weighted by molar-refractivity contribution is 0.201. The Balaban J connectivity index is 1.61. The maximum atomic E-state index is 9.61. The van der Waals surface area contributed by atoms with Crippen molar-refractivity contribution in [2.45, 2.75) is 38.1 Å². The van der Waals surface area contributed by atoms with E-state index in [1.807, 2.05) is 12.1 Å². The van der Waals surface area contributed by atoms with E-state index in [-0.39, 0.29) is 0 Å². The van der Waals surface area contributed by atoms with Gasteiger partial charge in [0.2, 0.25) is 0 Å². The standard InChI is InChI=1S/C17H26N2O/c1-19-9-3-4-13(12-19)11-18-17-6-2-5-14-10-15(20)7-8-16(14)17/h7-8,10,13,17-18,20H,2-6,9,11-12H2,1H3. The molecule has 20 heavy (non-hydrogen) atoms. The van der Waals surface area contributed by atoms with Crippen LogP contribution in [-0.2, 0) is 6.42 Å². The molecule has 110 valence electrons. The molecule has 3 heteroatoms. The van der Waals surface area contributed by atoms with Gasteiger partial charge < -0.3 is 15.3 Å². The Morgan fingerprint density at radius 3 is 3.05 bits per heavy atom. The Kier molecular flexibility index (Phi) is 4.27. The van der Waals surface area contributed by atoms with Crippen LogP contribution in [0.5, 0.6) is 5.75 Å². The van der Waals surface area contributed by atoms with E-state index in [0.717, 1.165) is 18.9 Å². The summed E-state index contributed by atoms with van der Waals surface area (Å²) in [5, 5.41) is 13.4. The van der Waals surface area contributed by atoms with Gasteiger partial charge >= 0.3 is 0 Å². The Morgan fingerprint density at radius 1 is 1.30 bits per heavy atom. The highest BCUT2D eigenvalue weighted by molar-refractivity contribution is 5.38. The van der Waals surface area contributed by atoms with Gasteiger partial charge in [-0.3, -0.25) is 0 Å². The highest BCUT2D eigenvalue weighted by atomic mass is 16.3. The molecule has 2 aliphatic rings. The fourth-order valence-electron chi connectivity index (χ4n) is 3.76. The number of phenols is 1. The third kappa shape index (κ3) is 3.15. The molecule has 0 saturated carbocycles. The molecule has 0 radical (unpaired) electrons. The molecule has 1 fully saturated rings. The zero-order chi connectivity index (χ0) is 13.9. The smallest absolute Gasteiger partial charge is 0.115 e. The van der Waals surface area contributed by atoms with Gasteiger partial charge in [0.05, 0.1) is 0 Å². The second-order valence-corrected chi connectivity index (χ2v) is 6.51. The minimum atomic E-state index is 0.401. The molecule has 1 aliphatic heterocycles. The average Bonchev–Trinajstić information content (AvgIpc) is 2.44. The van der Waals surface area contributed by atoms with Crippen molar-refractivity contribution in [3.8, 4) is 5.75 Å². The van der Waals surface area contributed by atoms with Crippen molar-refractivity contribution in [3.63, 3.8) is 0 Å². The molecular formula is C17H26N2O.